The van der Waals surface area contributed by atoms with Crippen molar-refractivity contribution in [1.82, 2.24) is 10.6 Å². The normalized spacial score (nSPS) is 14.1. The third-order valence-electron chi connectivity index (χ3n) is 3.04. The molecule has 1 aliphatic rings. The first kappa shape index (κ1) is 15.3. The molecule has 0 heterocycles. The van der Waals surface area contributed by atoms with Gasteiger partial charge in [-0.3, -0.25) is 4.79 Å². The Labute approximate surface area is 128 Å². The quantitative estimate of drug-likeness (QED) is 0.679. The Kier molecular flexibility index (Phi) is 6.33. The fourth-order valence-electron chi connectivity index (χ4n) is 1.82. The van der Waals surface area contributed by atoms with Gasteiger partial charge in [0.25, 0.3) is 0 Å². The molecule has 0 bridgehead atoms. The molecule has 1 aromatic carbocycles. The van der Waals surface area contributed by atoms with Crippen molar-refractivity contribution >= 4 is 21.8 Å². The van der Waals surface area contributed by atoms with Crippen LogP contribution in [0.1, 0.15) is 25.7 Å². The molecule has 0 unspecified atom stereocenters. The molecule has 1 fully saturated rings. The summed E-state index contributed by atoms with van der Waals surface area (Å²) in [6, 6.07) is 8.27. The van der Waals surface area contributed by atoms with Crippen LogP contribution in [0.4, 0.5) is 0 Å². The largest absolute Gasteiger partial charge is 0.492 e. The van der Waals surface area contributed by atoms with E-state index in [-0.39, 0.29) is 5.91 Å². The summed E-state index contributed by atoms with van der Waals surface area (Å²) < 4.78 is 6.62. The fourth-order valence-corrected chi connectivity index (χ4v) is 2.20. The molecule has 1 amide bonds. The number of amides is 1. The van der Waals surface area contributed by atoms with Crippen molar-refractivity contribution in [3.63, 3.8) is 0 Å². The summed E-state index contributed by atoms with van der Waals surface area (Å²) in [5, 5.41) is 6.26. The molecule has 0 atom stereocenters. The highest BCUT2D eigenvalue weighted by atomic mass is 79.9. The molecule has 0 spiro atoms. The van der Waals surface area contributed by atoms with Crippen LogP contribution in [0, 0.1) is 0 Å². The Balaban J connectivity index is 1.44. The molecule has 110 valence electrons. The number of carbonyl (C=O) groups is 1. The van der Waals surface area contributed by atoms with Crippen molar-refractivity contribution in [1.29, 1.82) is 0 Å². The maximum Gasteiger partial charge on any atom is 0.220 e. The van der Waals surface area contributed by atoms with Gasteiger partial charge in [0.1, 0.15) is 12.4 Å². The van der Waals surface area contributed by atoms with Gasteiger partial charge in [-0.2, -0.15) is 0 Å². The van der Waals surface area contributed by atoms with E-state index in [1.807, 2.05) is 24.3 Å². The molecule has 0 radical (unpaired) electrons. The van der Waals surface area contributed by atoms with E-state index in [1.165, 1.54) is 0 Å². The molecule has 0 aromatic heterocycles. The van der Waals surface area contributed by atoms with E-state index in [0.717, 1.165) is 42.6 Å². The summed E-state index contributed by atoms with van der Waals surface area (Å²) in [4.78, 5) is 11.4. The number of benzene rings is 1. The van der Waals surface area contributed by atoms with E-state index in [0.29, 0.717) is 19.1 Å². The maximum atomic E-state index is 11.4. The lowest BCUT2D eigenvalue weighted by Crippen LogP contribution is -2.27. The van der Waals surface area contributed by atoms with Gasteiger partial charge in [-0.05, 0) is 44.0 Å². The minimum Gasteiger partial charge on any atom is -0.492 e. The monoisotopic (exact) mass is 340 g/mol. The molecular weight excluding hydrogens is 320 g/mol. The van der Waals surface area contributed by atoms with Gasteiger partial charge in [-0.15, -0.1) is 0 Å². The zero-order valence-electron chi connectivity index (χ0n) is 11.5. The second-order valence-corrected chi connectivity index (χ2v) is 5.92. The molecule has 1 saturated carbocycles. The van der Waals surface area contributed by atoms with Crippen LogP contribution in [0.5, 0.6) is 5.75 Å². The lowest BCUT2D eigenvalue weighted by molar-refractivity contribution is -0.121. The van der Waals surface area contributed by atoms with Gasteiger partial charge in [0.05, 0.1) is 0 Å². The van der Waals surface area contributed by atoms with Gasteiger partial charge in [0.2, 0.25) is 5.91 Å². The van der Waals surface area contributed by atoms with Crippen molar-refractivity contribution in [3.8, 4) is 5.75 Å². The minimum atomic E-state index is 0.180. The smallest absolute Gasteiger partial charge is 0.220 e. The second-order valence-electron chi connectivity index (χ2n) is 5.00. The van der Waals surface area contributed by atoms with E-state index in [1.54, 1.807) is 0 Å². The molecular formula is C15H21BrN2O2. The van der Waals surface area contributed by atoms with Gasteiger partial charge in [0, 0.05) is 23.5 Å². The molecule has 5 heteroatoms. The predicted molar refractivity (Wildman–Crippen MR) is 82.9 cm³/mol. The number of carbonyl (C=O) groups excluding carboxylic acids is 1. The van der Waals surface area contributed by atoms with Crippen molar-refractivity contribution in [2.75, 3.05) is 19.7 Å². The van der Waals surface area contributed by atoms with Crippen LogP contribution in [-0.2, 0) is 4.79 Å². The van der Waals surface area contributed by atoms with Gasteiger partial charge in [-0.1, -0.05) is 22.0 Å². The van der Waals surface area contributed by atoms with Crippen LogP contribution in [0.2, 0.25) is 0 Å². The highest BCUT2D eigenvalue weighted by Crippen LogP contribution is 2.18. The lowest BCUT2D eigenvalue weighted by atomic mass is 10.3. The first-order chi connectivity index (χ1) is 9.74. The minimum absolute atomic E-state index is 0.180. The van der Waals surface area contributed by atoms with Gasteiger partial charge in [0.15, 0.2) is 0 Å². The summed E-state index contributed by atoms with van der Waals surface area (Å²) >= 11 is 3.41. The average Bonchev–Trinajstić information content (AvgIpc) is 3.21. The number of hydrogen-bond donors (Lipinski definition) is 2. The van der Waals surface area contributed by atoms with E-state index in [4.69, 9.17) is 4.74 Å². The van der Waals surface area contributed by atoms with Gasteiger partial charge in [-0.25, -0.2) is 0 Å². The van der Waals surface area contributed by atoms with E-state index >= 15 is 0 Å². The van der Waals surface area contributed by atoms with Crippen LogP contribution in [0.15, 0.2) is 28.7 Å². The third-order valence-corrected chi connectivity index (χ3v) is 3.54. The van der Waals surface area contributed by atoms with Crippen molar-refractivity contribution in [3.05, 3.63) is 28.7 Å². The summed E-state index contributed by atoms with van der Waals surface area (Å²) in [6.45, 7) is 2.27. The average molecular weight is 341 g/mol. The zero-order valence-corrected chi connectivity index (χ0v) is 13.1. The van der Waals surface area contributed by atoms with E-state index < -0.39 is 0 Å². The van der Waals surface area contributed by atoms with Crippen LogP contribution in [-0.4, -0.2) is 31.6 Å². The Morgan fingerprint density at radius 1 is 1.35 bits per heavy atom. The zero-order chi connectivity index (χ0) is 14.2. The highest BCUT2D eigenvalue weighted by Gasteiger charge is 2.22. The Hall–Kier alpha value is -1.07. The first-order valence-corrected chi connectivity index (χ1v) is 7.92. The Bertz CT molecular complexity index is 436. The van der Waals surface area contributed by atoms with Gasteiger partial charge < -0.3 is 15.4 Å². The van der Waals surface area contributed by atoms with Crippen molar-refractivity contribution in [2.24, 2.45) is 0 Å². The number of rotatable bonds is 9. The lowest BCUT2D eigenvalue weighted by Gasteiger charge is -2.08. The van der Waals surface area contributed by atoms with Crippen LogP contribution >= 0.6 is 15.9 Å². The summed E-state index contributed by atoms with van der Waals surface area (Å²) in [6.07, 6.45) is 3.78. The van der Waals surface area contributed by atoms with Crippen molar-refractivity contribution in [2.45, 2.75) is 31.7 Å². The number of nitrogens with one attached hydrogen (secondary N) is 2. The van der Waals surface area contributed by atoms with Gasteiger partial charge >= 0.3 is 0 Å². The summed E-state index contributed by atoms with van der Waals surface area (Å²) in [5.74, 6) is 1.05. The van der Waals surface area contributed by atoms with Crippen LogP contribution in [0.3, 0.4) is 0 Å². The molecule has 2 N–H and O–H groups in total. The number of ether oxygens (including phenoxy) is 1. The maximum absolute atomic E-state index is 11.4. The first-order valence-electron chi connectivity index (χ1n) is 7.12. The highest BCUT2D eigenvalue weighted by molar-refractivity contribution is 9.10. The molecule has 2 rings (SSSR count). The summed E-state index contributed by atoms with van der Waals surface area (Å²) in [5.41, 5.74) is 0. The third kappa shape index (κ3) is 6.39. The van der Waals surface area contributed by atoms with E-state index in [2.05, 4.69) is 26.6 Å². The fraction of sp³-hybridized carbons (Fsp3) is 0.533. The molecule has 0 aliphatic heterocycles. The Morgan fingerprint density at radius 3 is 2.95 bits per heavy atom. The molecule has 1 aliphatic carbocycles. The summed E-state index contributed by atoms with van der Waals surface area (Å²) in [7, 11) is 0. The van der Waals surface area contributed by atoms with Crippen molar-refractivity contribution < 1.29 is 9.53 Å². The van der Waals surface area contributed by atoms with E-state index in [9.17, 15) is 4.79 Å². The predicted octanol–water partition coefficient (Wildman–Crippen LogP) is 2.48. The molecule has 20 heavy (non-hydrogen) atoms. The standard InChI is InChI=1S/C15H21BrN2O2/c16-12-3-1-4-14(11-12)20-10-9-17-8-2-5-15(19)18-13-6-7-13/h1,3-4,11,13,17H,2,5-10H2,(H,18,19). The number of halogens is 1. The molecule has 1 aromatic rings. The van der Waals surface area contributed by atoms with Crippen LogP contribution in [0.25, 0.3) is 0 Å². The second kappa shape index (κ2) is 8.27. The number of hydrogen-bond acceptors (Lipinski definition) is 3. The SMILES string of the molecule is O=C(CCCNCCOc1cccc(Br)c1)NC1CC1. The molecule has 4 nitrogen and oxygen atoms in total. The molecule has 0 saturated heterocycles. The van der Waals surface area contributed by atoms with Crippen LogP contribution < -0.4 is 15.4 Å². The Morgan fingerprint density at radius 2 is 2.20 bits per heavy atom. The topological polar surface area (TPSA) is 50.4 Å².